The number of carbonyl (C=O) groups excluding carboxylic acids is 1. The fourth-order valence-electron chi connectivity index (χ4n) is 4.98. The van der Waals surface area contributed by atoms with E-state index in [1.807, 2.05) is 0 Å². The monoisotopic (exact) mass is 819 g/mol. The minimum Gasteiger partial charge on any atom is -0.497 e. The summed E-state index contributed by atoms with van der Waals surface area (Å²) in [5.74, 6) is -59.1. The summed E-state index contributed by atoms with van der Waals surface area (Å²) in [5, 5.41) is 0. The first-order valence-electron chi connectivity index (χ1n) is 14.2. The quantitative estimate of drug-likeness (QED) is 0.0960. The lowest BCUT2D eigenvalue weighted by Gasteiger charge is -2.42. The van der Waals surface area contributed by atoms with E-state index < -0.39 is 76.9 Å². The summed E-state index contributed by atoms with van der Waals surface area (Å²) in [6.45, 7) is -0.191. The van der Waals surface area contributed by atoms with Crippen LogP contribution in [0.1, 0.15) is 24.0 Å². The Morgan fingerprint density at radius 1 is 0.712 bits per heavy atom. The van der Waals surface area contributed by atoms with Gasteiger partial charge >= 0.3 is 47.6 Å². The second kappa shape index (κ2) is 14.3. The van der Waals surface area contributed by atoms with Crippen molar-refractivity contribution in [2.24, 2.45) is 0 Å². The first-order valence-corrected chi connectivity index (χ1v) is 15.7. The van der Waals surface area contributed by atoms with Crippen LogP contribution in [0.4, 0.5) is 80.3 Å². The van der Waals surface area contributed by atoms with Crippen LogP contribution >= 0.6 is 23.4 Å². The first-order chi connectivity index (χ1) is 23.6. The maximum Gasteiger partial charge on any atom is 0.460 e. The van der Waals surface area contributed by atoms with Crippen molar-refractivity contribution in [1.29, 1.82) is 0 Å². The highest BCUT2D eigenvalue weighted by Gasteiger charge is 2.95. The third kappa shape index (κ3) is 6.76. The number of amides is 1. The first kappa shape index (κ1) is 43.3. The van der Waals surface area contributed by atoms with Crippen molar-refractivity contribution in [3.63, 3.8) is 0 Å². The van der Waals surface area contributed by atoms with Gasteiger partial charge in [0.1, 0.15) is 10.5 Å². The number of rotatable bonds is 16. The molecule has 1 atom stereocenters. The van der Waals surface area contributed by atoms with E-state index in [4.69, 9.17) is 16.3 Å². The van der Waals surface area contributed by atoms with Crippen LogP contribution in [0.15, 0.2) is 60.7 Å². The predicted octanol–water partition coefficient (Wildman–Crippen LogP) is 10.8. The third-order valence-corrected chi connectivity index (χ3v) is 9.57. The molecule has 292 valence electrons. The van der Waals surface area contributed by atoms with Gasteiger partial charge in [-0.2, -0.15) is 74.6 Å². The Balaban J connectivity index is 1.98. The molecule has 0 saturated heterocycles. The standard InChI is InChI=1S/C30H23ClF17NO2S/c1-51-18-10-8-17(9-11-18)16-49-20-7-3-2-6-19(20)22(21(49)50,12-4-5-14-31)52-15-13-23(32,33)24(34,35)25(36,37)26(38,39)27(40,41)28(42,43)29(44,45)30(46,47)48/h2-11H,12-16H2,1H3/b5-4-. The molecule has 0 saturated carbocycles. The highest BCUT2D eigenvalue weighted by molar-refractivity contribution is 8.01. The summed E-state index contributed by atoms with van der Waals surface area (Å²) in [6, 6.07) is 11.6. The Kier molecular flexibility index (Phi) is 11.9. The zero-order chi connectivity index (χ0) is 40.0. The van der Waals surface area contributed by atoms with Gasteiger partial charge in [0.05, 0.1) is 13.7 Å². The van der Waals surface area contributed by atoms with Crippen LogP contribution in [0.5, 0.6) is 5.75 Å². The van der Waals surface area contributed by atoms with E-state index in [2.05, 4.69) is 0 Å². The summed E-state index contributed by atoms with van der Waals surface area (Å²) in [6.07, 6.45) is -8.41. The van der Waals surface area contributed by atoms with Crippen molar-refractivity contribution in [3.8, 4) is 5.75 Å². The number of hydrogen-bond donors (Lipinski definition) is 0. The predicted molar refractivity (Wildman–Crippen MR) is 155 cm³/mol. The normalized spacial score (nSPS) is 18.4. The number of thioether (sulfide) groups is 1. The lowest BCUT2D eigenvalue weighted by Crippen LogP contribution is -2.74. The minimum atomic E-state index is -8.71. The number of ether oxygens (including phenoxy) is 1. The number of methoxy groups -OCH3 is 1. The molecule has 1 unspecified atom stereocenters. The molecule has 0 spiro atoms. The number of benzene rings is 2. The summed E-state index contributed by atoms with van der Waals surface area (Å²) >= 11 is 5.71. The molecule has 52 heavy (non-hydrogen) atoms. The molecule has 0 aromatic heterocycles. The van der Waals surface area contributed by atoms with Crippen molar-refractivity contribution in [1.82, 2.24) is 0 Å². The molecule has 0 bridgehead atoms. The topological polar surface area (TPSA) is 29.5 Å². The second-order valence-corrected chi connectivity index (χ2v) is 12.9. The van der Waals surface area contributed by atoms with Gasteiger partial charge in [-0.25, -0.2) is 0 Å². The zero-order valence-electron chi connectivity index (χ0n) is 25.8. The molecule has 1 heterocycles. The van der Waals surface area contributed by atoms with Crippen LogP contribution in [0, 0.1) is 0 Å². The number of carbonyl (C=O) groups is 1. The van der Waals surface area contributed by atoms with E-state index in [9.17, 15) is 79.4 Å². The third-order valence-electron chi connectivity index (χ3n) is 7.93. The molecule has 0 N–H and O–H groups in total. The van der Waals surface area contributed by atoms with E-state index in [-0.39, 0.29) is 35.4 Å². The van der Waals surface area contributed by atoms with Crippen LogP contribution in [0.3, 0.4) is 0 Å². The molecule has 0 radical (unpaired) electrons. The fraction of sp³-hybridized carbons (Fsp3) is 0.500. The maximum absolute atomic E-state index is 14.8. The SMILES string of the molecule is COc1ccc(CN2C(=O)C(C/C=C\CCl)(SCCC(F)(F)C(F)(F)C(F)(F)C(F)(F)C(F)(F)C(F)(F)C(F)(F)C(F)(F)F)c3ccccc32)cc1. The number of nitrogens with zero attached hydrogens (tertiary/aromatic N) is 1. The Morgan fingerprint density at radius 2 is 1.21 bits per heavy atom. The van der Waals surface area contributed by atoms with Gasteiger partial charge in [-0.3, -0.25) is 4.79 Å². The average Bonchev–Trinajstić information content (AvgIpc) is 3.27. The van der Waals surface area contributed by atoms with Crippen LogP contribution < -0.4 is 9.64 Å². The van der Waals surface area contributed by atoms with Gasteiger partial charge in [-0.05, 0) is 30.2 Å². The fourth-order valence-corrected chi connectivity index (χ4v) is 6.59. The van der Waals surface area contributed by atoms with E-state index >= 15 is 0 Å². The number of para-hydroxylation sites is 1. The highest BCUT2D eigenvalue weighted by Crippen LogP contribution is 2.64. The number of fused-ring (bicyclic) bond motifs is 1. The largest absolute Gasteiger partial charge is 0.497 e. The van der Waals surface area contributed by atoms with E-state index in [0.29, 0.717) is 11.3 Å². The molecule has 0 fully saturated rings. The molecule has 0 aliphatic carbocycles. The Morgan fingerprint density at radius 3 is 1.71 bits per heavy atom. The van der Waals surface area contributed by atoms with Crippen LogP contribution in [-0.4, -0.2) is 72.3 Å². The van der Waals surface area contributed by atoms with Gasteiger partial charge in [0.15, 0.2) is 0 Å². The van der Waals surface area contributed by atoms with Crippen molar-refractivity contribution in [3.05, 3.63) is 71.8 Å². The van der Waals surface area contributed by atoms with E-state index in [1.54, 1.807) is 0 Å². The van der Waals surface area contributed by atoms with Crippen LogP contribution in [0.25, 0.3) is 0 Å². The molecule has 3 rings (SSSR count). The van der Waals surface area contributed by atoms with E-state index in [1.165, 1.54) is 67.8 Å². The lowest BCUT2D eigenvalue weighted by molar-refractivity contribution is -0.461. The molecular weight excluding hydrogens is 797 g/mol. The number of allylic oxidation sites excluding steroid dienone is 2. The average molecular weight is 820 g/mol. The van der Waals surface area contributed by atoms with Crippen LogP contribution in [0.2, 0.25) is 0 Å². The molecule has 3 nitrogen and oxygen atoms in total. The van der Waals surface area contributed by atoms with Gasteiger partial charge in [0.25, 0.3) is 0 Å². The zero-order valence-corrected chi connectivity index (χ0v) is 27.4. The number of alkyl halides is 18. The van der Waals surface area contributed by atoms with Crippen LogP contribution in [-0.2, 0) is 16.1 Å². The molecule has 2 aromatic rings. The molecular formula is C30H23ClF17NO2S. The maximum atomic E-state index is 14.8. The Hall–Kier alpha value is -3.10. The molecule has 22 heteroatoms. The highest BCUT2D eigenvalue weighted by atomic mass is 35.5. The summed E-state index contributed by atoms with van der Waals surface area (Å²) < 4.78 is 237. The molecule has 2 aromatic carbocycles. The van der Waals surface area contributed by atoms with Gasteiger partial charge in [-0.1, -0.05) is 42.5 Å². The number of halogens is 18. The van der Waals surface area contributed by atoms with Gasteiger partial charge in [0.2, 0.25) is 5.91 Å². The van der Waals surface area contributed by atoms with Gasteiger partial charge in [0, 0.05) is 29.3 Å². The second-order valence-electron chi connectivity index (χ2n) is 11.2. The number of hydrogen-bond acceptors (Lipinski definition) is 3. The van der Waals surface area contributed by atoms with Crippen molar-refractivity contribution in [2.75, 3.05) is 23.6 Å². The molecule has 1 aliphatic rings. The lowest BCUT2D eigenvalue weighted by atomic mass is 9.88. The summed E-state index contributed by atoms with van der Waals surface area (Å²) in [7, 11) is 1.37. The van der Waals surface area contributed by atoms with Crippen molar-refractivity contribution < 1.29 is 84.2 Å². The van der Waals surface area contributed by atoms with Crippen molar-refractivity contribution in [2.45, 2.75) is 71.8 Å². The molecule has 1 aliphatic heterocycles. The summed E-state index contributed by atoms with van der Waals surface area (Å²) in [4.78, 5) is 15.1. The smallest absolute Gasteiger partial charge is 0.460 e. The Bertz CT molecular complexity index is 1620. The van der Waals surface area contributed by atoms with Crippen molar-refractivity contribution >= 4 is 35.0 Å². The van der Waals surface area contributed by atoms with Gasteiger partial charge < -0.3 is 9.64 Å². The van der Waals surface area contributed by atoms with E-state index in [0.717, 1.165) is 4.90 Å². The minimum absolute atomic E-state index is 0.0529. The summed E-state index contributed by atoms with van der Waals surface area (Å²) in [5.41, 5.74) is 0.681. The number of anilines is 1. The Labute approximate surface area is 292 Å². The van der Waals surface area contributed by atoms with Gasteiger partial charge in [-0.15, -0.1) is 23.4 Å². The molecule has 1 amide bonds.